The molecule has 112 heavy (non-hydrogen) atoms. The molecule has 0 saturated carbocycles. The summed E-state index contributed by atoms with van der Waals surface area (Å²) in [5.74, 6) is -0.327. The summed E-state index contributed by atoms with van der Waals surface area (Å²) >= 11 is 0. The molecule has 3 heterocycles. The fourth-order valence-electron chi connectivity index (χ4n) is 13.3. The van der Waals surface area contributed by atoms with Crippen molar-refractivity contribution in [1.82, 2.24) is 5.32 Å². The topological polar surface area (TPSA) is 307 Å². The Morgan fingerprint density at radius 3 is 1.00 bits per heavy atom. The quantitative estimate of drug-likeness (QED) is 0.0199. The smallest absolute Gasteiger partial charge is 0.220 e. The third kappa shape index (κ3) is 48.6. The van der Waals surface area contributed by atoms with E-state index < -0.39 is 131 Å². The predicted octanol–water partition coefficient (Wildman–Crippen LogP) is 16.1. The molecule has 0 aliphatic carbocycles. The lowest BCUT2D eigenvalue weighted by molar-refractivity contribution is -0.379. The van der Waals surface area contributed by atoms with Crippen molar-refractivity contribution in [3.05, 3.63) is 170 Å². The first-order chi connectivity index (χ1) is 54.8. The standard InChI is InChI=1S/C93H153NO18/c1-3-5-7-9-11-13-15-17-19-21-23-25-27-29-31-33-35-36-37-38-39-40-41-43-45-47-49-51-53-55-57-59-61-63-65-67-69-71-81(99)94-76(77(98)70-68-66-64-62-60-58-56-54-52-50-48-46-44-42-34-32-30-28-26-24-22-20-18-16-14-12-10-8-6-4-2)75-107-91-87(105)84(102)89(79(73-96)109-91)112-93-88(106)85(103)90(80(74-97)110-93)111-92-86(104)83(101)82(100)78(72-95)108-92/h5,7,11,13,17,19,23,25,29,31,35-36,38-39,41,43,47,49,52-55,59-62,68,70,76-80,82-93,95-98,100-106H,3-4,6,8-10,12,14-16,18,20-22,24,26-28,30,32-34,37,40,42,44-46,48,50-51,56-58,63-67,69,71-75H2,1-2H3,(H,94,99)/b7-5-,13-11-,19-17-,25-23-,31-29-,36-35-,39-38-,43-41-,49-47-,54-52+,55-53-,61-59-,62-60+,70-68+. The minimum Gasteiger partial charge on any atom is -0.394 e. The molecular formula is C93H153NO18. The van der Waals surface area contributed by atoms with Crippen LogP contribution in [0.25, 0.3) is 0 Å². The second kappa shape index (κ2) is 70.4. The summed E-state index contributed by atoms with van der Waals surface area (Å²) in [4.78, 5) is 13.5. The van der Waals surface area contributed by atoms with Crippen LogP contribution in [0, 0.1) is 0 Å². The molecule has 0 bridgehead atoms. The molecule has 638 valence electrons. The van der Waals surface area contributed by atoms with E-state index in [1.165, 1.54) is 128 Å². The van der Waals surface area contributed by atoms with Crippen molar-refractivity contribution in [3.8, 4) is 0 Å². The van der Waals surface area contributed by atoms with E-state index in [0.29, 0.717) is 12.8 Å². The molecule has 3 saturated heterocycles. The molecule has 17 atom stereocenters. The molecule has 3 aliphatic heterocycles. The van der Waals surface area contributed by atoms with Gasteiger partial charge in [-0.1, -0.05) is 312 Å². The number of unbranched alkanes of at least 4 members (excludes halogenated alkanes) is 25. The average molecular weight is 1570 g/mol. The van der Waals surface area contributed by atoms with Crippen molar-refractivity contribution in [2.45, 2.75) is 381 Å². The molecule has 0 aromatic heterocycles. The first kappa shape index (κ1) is 101. The van der Waals surface area contributed by atoms with Crippen LogP contribution < -0.4 is 5.32 Å². The lowest BCUT2D eigenvalue weighted by atomic mass is 9.96. The Hall–Kier alpha value is -4.85. The fourth-order valence-corrected chi connectivity index (χ4v) is 13.3. The lowest BCUT2D eigenvalue weighted by Gasteiger charge is -2.48. The highest BCUT2D eigenvalue weighted by molar-refractivity contribution is 5.76. The van der Waals surface area contributed by atoms with Gasteiger partial charge in [-0.05, 0) is 128 Å². The van der Waals surface area contributed by atoms with Gasteiger partial charge in [0.05, 0.1) is 38.6 Å². The molecule has 3 aliphatic rings. The van der Waals surface area contributed by atoms with Gasteiger partial charge < -0.3 is 89.9 Å². The molecule has 19 nitrogen and oxygen atoms in total. The Bertz CT molecular complexity index is 2690. The van der Waals surface area contributed by atoms with Crippen LogP contribution >= 0.6 is 0 Å². The van der Waals surface area contributed by atoms with Crippen molar-refractivity contribution >= 4 is 5.91 Å². The van der Waals surface area contributed by atoms with Crippen molar-refractivity contribution in [3.63, 3.8) is 0 Å². The number of ether oxygens (including phenoxy) is 6. The van der Waals surface area contributed by atoms with Crippen LogP contribution in [0.2, 0.25) is 0 Å². The molecule has 0 aromatic rings. The van der Waals surface area contributed by atoms with E-state index in [2.05, 4.69) is 177 Å². The van der Waals surface area contributed by atoms with Crippen LogP contribution in [0.3, 0.4) is 0 Å². The number of carbonyl (C=O) groups excluding carboxylic acids is 1. The van der Waals surface area contributed by atoms with E-state index in [0.717, 1.165) is 116 Å². The average Bonchev–Trinajstić information content (AvgIpc) is 0.781. The maximum atomic E-state index is 13.5. The molecule has 3 fully saturated rings. The fraction of sp³-hybridized carbons (Fsp3) is 0.688. The van der Waals surface area contributed by atoms with Crippen LogP contribution in [-0.2, 0) is 33.2 Å². The zero-order valence-electron chi connectivity index (χ0n) is 68.6. The van der Waals surface area contributed by atoms with E-state index in [1.54, 1.807) is 6.08 Å². The summed E-state index contributed by atoms with van der Waals surface area (Å²) in [6, 6.07) is -1.03. The Labute approximate surface area is 675 Å². The molecule has 1 amide bonds. The molecule has 0 aromatic carbocycles. The van der Waals surface area contributed by atoms with Crippen molar-refractivity contribution < 1.29 is 89.4 Å². The normalized spacial score (nSPS) is 25.8. The number of aliphatic hydroxyl groups is 11. The molecule has 0 spiro atoms. The van der Waals surface area contributed by atoms with E-state index in [9.17, 15) is 61.0 Å². The Kier molecular flexibility index (Phi) is 63.7. The monoisotopic (exact) mass is 1570 g/mol. The third-order valence-electron chi connectivity index (χ3n) is 20.2. The maximum absolute atomic E-state index is 13.5. The van der Waals surface area contributed by atoms with Crippen LogP contribution in [0.1, 0.15) is 277 Å². The van der Waals surface area contributed by atoms with Crippen molar-refractivity contribution in [1.29, 1.82) is 0 Å². The van der Waals surface area contributed by atoms with Gasteiger partial charge in [0.15, 0.2) is 18.9 Å². The van der Waals surface area contributed by atoms with Gasteiger partial charge in [-0.3, -0.25) is 4.79 Å². The molecule has 12 N–H and O–H groups in total. The second-order valence-electron chi connectivity index (χ2n) is 29.9. The molecular weight excluding hydrogens is 1420 g/mol. The van der Waals surface area contributed by atoms with Crippen LogP contribution in [0.15, 0.2) is 170 Å². The van der Waals surface area contributed by atoms with Gasteiger partial charge in [-0.15, -0.1) is 0 Å². The van der Waals surface area contributed by atoms with E-state index in [-0.39, 0.29) is 12.3 Å². The van der Waals surface area contributed by atoms with Crippen LogP contribution in [0.5, 0.6) is 0 Å². The first-order valence-electron chi connectivity index (χ1n) is 43.4. The number of aliphatic hydroxyl groups excluding tert-OH is 11. The summed E-state index contributed by atoms with van der Waals surface area (Å²) < 4.78 is 34.4. The SMILES string of the molecule is CC/C=C\C/C=C\C/C=C\C/C=C\C/C=C\C/C=C\C/C=C\C/C=C\C/C=C\C/C=C\C/C=C\CCCCCC(=O)NC(COC1OC(CO)C(OC2OC(CO)C(OC3OC(CO)C(O)C(O)C3O)C(O)C2O)C(O)C1O)C(O)/C=C/CC/C=C/CC/C=C/CCCCCCCCCCCCCCCCCCCCCC. The minimum absolute atomic E-state index is 0.180. The summed E-state index contributed by atoms with van der Waals surface area (Å²) in [7, 11) is 0. The molecule has 0 radical (unpaired) electrons. The molecule has 19 heteroatoms. The predicted molar refractivity (Wildman–Crippen MR) is 452 cm³/mol. The number of allylic oxidation sites excluding steroid dienone is 27. The van der Waals surface area contributed by atoms with E-state index >= 15 is 0 Å². The summed E-state index contributed by atoms with van der Waals surface area (Å²) in [5.41, 5.74) is 0. The first-order valence-corrected chi connectivity index (χ1v) is 43.4. The number of rotatable bonds is 67. The zero-order chi connectivity index (χ0) is 81.0. The largest absolute Gasteiger partial charge is 0.394 e. The second-order valence-corrected chi connectivity index (χ2v) is 29.9. The summed E-state index contributed by atoms with van der Waals surface area (Å²) in [6.45, 7) is 1.58. The number of hydrogen-bond donors (Lipinski definition) is 12. The van der Waals surface area contributed by atoms with E-state index in [1.807, 2.05) is 6.08 Å². The maximum Gasteiger partial charge on any atom is 0.220 e. The summed E-state index contributed by atoms with van der Waals surface area (Å²) in [6.07, 6.45) is 79.2. The number of nitrogens with one attached hydrogen (secondary N) is 1. The highest BCUT2D eigenvalue weighted by Gasteiger charge is 2.54. The number of hydrogen-bond acceptors (Lipinski definition) is 18. The lowest BCUT2D eigenvalue weighted by Crippen LogP contribution is -2.66. The third-order valence-corrected chi connectivity index (χ3v) is 20.2. The van der Waals surface area contributed by atoms with Gasteiger partial charge in [0.2, 0.25) is 5.91 Å². The van der Waals surface area contributed by atoms with Gasteiger partial charge in [0.1, 0.15) is 73.2 Å². The summed E-state index contributed by atoms with van der Waals surface area (Å²) in [5, 5.41) is 121. The highest BCUT2D eigenvalue weighted by atomic mass is 16.8. The Morgan fingerprint density at radius 1 is 0.330 bits per heavy atom. The van der Waals surface area contributed by atoms with Gasteiger partial charge in [-0.2, -0.15) is 0 Å². The van der Waals surface area contributed by atoms with Crippen molar-refractivity contribution in [2.75, 3.05) is 26.4 Å². The van der Waals surface area contributed by atoms with Gasteiger partial charge in [0.25, 0.3) is 0 Å². The van der Waals surface area contributed by atoms with Gasteiger partial charge in [0, 0.05) is 6.42 Å². The van der Waals surface area contributed by atoms with Crippen molar-refractivity contribution in [2.24, 2.45) is 0 Å². The molecule has 3 rings (SSSR count). The molecule has 17 unspecified atom stereocenters. The number of carbonyl (C=O) groups is 1. The van der Waals surface area contributed by atoms with E-state index in [4.69, 9.17) is 28.4 Å². The van der Waals surface area contributed by atoms with Gasteiger partial charge >= 0.3 is 0 Å². The van der Waals surface area contributed by atoms with Crippen LogP contribution in [-0.4, -0.2) is 193 Å². The highest BCUT2D eigenvalue weighted by Crippen LogP contribution is 2.33. The van der Waals surface area contributed by atoms with Gasteiger partial charge in [-0.25, -0.2) is 0 Å². The number of amides is 1. The minimum atomic E-state index is -2.00. The van der Waals surface area contributed by atoms with Crippen LogP contribution in [0.4, 0.5) is 0 Å². The zero-order valence-corrected chi connectivity index (χ0v) is 68.6. The Morgan fingerprint density at radius 2 is 0.625 bits per heavy atom. The Balaban J connectivity index is 1.39.